The molecule has 0 amide bonds. The molecule has 0 bridgehead atoms. The summed E-state index contributed by atoms with van der Waals surface area (Å²) in [5, 5.41) is 0. The summed E-state index contributed by atoms with van der Waals surface area (Å²) in [5.41, 5.74) is 1.87. The van der Waals surface area contributed by atoms with E-state index in [1.165, 1.54) is 32.1 Å². The lowest BCUT2D eigenvalue weighted by molar-refractivity contribution is -0.106. The van der Waals surface area contributed by atoms with Gasteiger partial charge in [-0.25, -0.2) is 0 Å². The van der Waals surface area contributed by atoms with Crippen LogP contribution in [-0.4, -0.2) is 21.3 Å². The fourth-order valence-corrected chi connectivity index (χ4v) is 2.75. The normalized spacial score (nSPS) is 15.6. The van der Waals surface area contributed by atoms with Crippen molar-refractivity contribution in [3.8, 4) is 17.6 Å². The molecule has 1 saturated carbocycles. The van der Waals surface area contributed by atoms with Crippen LogP contribution < -0.4 is 4.74 Å². The standard InChI is InChI=1S/C18H24O3/c1-19-16-12-11-15(17(13-16)18(20-2)21-3)10-9-14-7-5-4-6-8-14/h11-14,18H,4-8H2,1-3H3. The van der Waals surface area contributed by atoms with Crippen LogP contribution in [0.25, 0.3) is 0 Å². The van der Waals surface area contributed by atoms with E-state index >= 15 is 0 Å². The molecule has 1 aromatic rings. The molecule has 0 spiro atoms. The third-order valence-electron chi connectivity index (χ3n) is 3.96. The van der Waals surface area contributed by atoms with Gasteiger partial charge < -0.3 is 14.2 Å². The van der Waals surface area contributed by atoms with Crippen LogP contribution in [0.3, 0.4) is 0 Å². The van der Waals surface area contributed by atoms with Gasteiger partial charge in [0.15, 0.2) is 6.29 Å². The van der Waals surface area contributed by atoms with E-state index in [1.54, 1.807) is 21.3 Å². The average molecular weight is 288 g/mol. The second-order valence-corrected chi connectivity index (χ2v) is 5.36. The first kappa shape index (κ1) is 15.9. The fraction of sp³-hybridized carbons (Fsp3) is 0.556. The molecule has 1 aliphatic rings. The molecule has 0 heterocycles. The van der Waals surface area contributed by atoms with Gasteiger partial charge in [0.1, 0.15) is 5.75 Å². The molecule has 0 N–H and O–H groups in total. The lowest BCUT2D eigenvalue weighted by Gasteiger charge is -2.17. The Kier molecular flexibility index (Phi) is 6.10. The first-order chi connectivity index (χ1) is 10.3. The van der Waals surface area contributed by atoms with Crippen molar-refractivity contribution in [2.24, 2.45) is 5.92 Å². The Bertz CT molecular complexity index is 503. The van der Waals surface area contributed by atoms with Gasteiger partial charge in [-0.3, -0.25) is 0 Å². The Morgan fingerprint density at radius 2 is 1.76 bits per heavy atom. The van der Waals surface area contributed by atoms with Gasteiger partial charge >= 0.3 is 0 Å². The Labute approximate surface area is 127 Å². The number of hydrogen-bond donors (Lipinski definition) is 0. The molecule has 2 rings (SSSR count). The van der Waals surface area contributed by atoms with Gasteiger partial charge in [-0.1, -0.05) is 31.1 Å². The predicted octanol–water partition coefficient (Wildman–Crippen LogP) is 3.92. The predicted molar refractivity (Wildman–Crippen MR) is 83.2 cm³/mol. The lowest BCUT2D eigenvalue weighted by Crippen LogP contribution is -2.07. The summed E-state index contributed by atoms with van der Waals surface area (Å²) in [4.78, 5) is 0. The zero-order chi connectivity index (χ0) is 15.1. The molecular weight excluding hydrogens is 264 g/mol. The van der Waals surface area contributed by atoms with Crippen LogP contribution in [0, 0.1) is 17.8 Å². The van der Waals surface area contributed by atoms with Crippen molar-refractivity contribution in [3.05, 3.63) is 29.3 Å². The maximum absolute atomic E-state index is 5.37. The minimum absolute atomic E-state index is 0.421. The number of benzene rings is 1. The molecule has 0 atom stereocenters. The summed E-state index contributed by atoms with van der Waals surface area (Å²) < 4.78 is 16.0. The van der Waals surface area contributed by atoms with Gasteiger partial charge in [0.05, 0.1) is 7.11 Å². The molecule has 0 saturated heterocycles. The van der Waals surface area contributed by atoms with E-state index in [-0.39, 0.29) is 0 Å². The van der Waals surface area contributed by atoms with Gasteiger partial charge in [-0.05, 0) is 31.0 Å². The number of hydrogen-bond acceptors (Lipinski definition) is 3. The molecule has 1 fully saturated rings. The van der Waals surface area contributed by atoms with Crippen LogP contribution in [0.5, 0.6) is 5.75 Å². The van der Waals surface area contributed by atoms with E-state index in [1.807, 2.05) is 18.2 Å². The number of rotatable bonds is 4. The quantitative estimate of drug-likeness (QED) is 0.621. The zero-order valence-corrected chi connectivity index (χ0v) is 13.1. The Morgan fingerprint density at radius 3 is 2.38 bits per heavy atom. The van der Waals surface area contributed by atoms with Crippen molar-refractivity contribution in [2.75, 3.05) is 21.3 Å². The first-order valence-electron chi connectivity index (χ1n) is 7.53. The Hall–Kier alpha value is -1.50. The second kappa shape index (κ2) is 8.07. The molecule has 21 heavy (non-hydrogen) atoms. The van der Waals surface area contributed by atoms with Crippen LogP contribution in [0.2, 0.25) is 0 Å². The van der Waals surface area contributed by atoms with Crippen LogP contribution in [0.15, 0.2) is 18.2 Å². The summed E-state index contributed by atoms with van der Waals surface area (Å²) in [6, 6.07) is 5.84. The van der Waals surface area contributed by atoms with Crippen molar-refractivity contribution in [1.82, 2.24) is 0 Å². The van der Waals surface area contributed by atoms with E-state index in [9.17, 15) is 0 Å². The van der Waals surface area contributed by atoms with Crippen molar-refractivity contribution >= 4 is 0 Å². The van der Waals surface area contributed by atoms with E-state index in [0.29, 0.717) is 5.92 Å². The van der Waals surface area contributed by atoms with Gasteiger partial charge in [0.2, 0.25) is 0 Å². The highest BCUT2D eigenvalue weighted by Gasteiger charge is 2.15. The highest BCUT2D eigenvalue weighted by atomic mass is 16.7. The largest absolute Gasteiger partial charge is 0.497 e. The maximum Gasteiger partial charge on any atom is 0.184 e. The minimum Gasteiger partial charge on any atom is -0.497 e. The van der Waals surface area contributed by atoms with Crippen molar-refractivity contribution in [2.45, 2.75) is 38.4 Å². The van der Waals surface area contributed by atoms with E-state index < -0.39 is 6.29 Å². The first-order valence-corrected chi connectivity index (χ1v) is 7.53. The lowest BCUT2D eigenvalue weighted by atomic mass is 9.89. The Balaban J connectivity index is 2.26. The number of methoxy groups -OCH3 is 3. The molecule has 0 aromatic heterocycles. The van der Waals surface area contributed by atoms with E-state index in [4.69, 9.17) is 14.2 Å². The smallest absolute Gasteiger partial charge is 0.184 e. The molecule has 114 valence electrons. The van der Waals surface area contributed by atoms with Crippen LogP contribution in [0.4, 0.5) is 0 Å². The molecule has 1 aliphatic carbocycles. The highest BCUT2D eigenvalue weighted by Crippen LogP contribution is 2.27. The topological polar surface area (TPSA) is 27.7 Å². The average Bonchev–Trinajstić information content (AvgIpc) is 2.55. The zero-order valence-electron chi connectivity index (χ0n) is 13.1. The van der Waals surface area contributed by atoms with E-state index in [2.05, 4.69) is 11.8 Å². The van der Waals surface area contributed by atoms with Crippen molar-refractivity contribution in [3.63, 3.8) is 0 Å². The summed E-state index contributed by atoms with van der Waals surface area (Å²) in [6.07, 6.45) is 5.96. The van der Waals surface area contributed by atoms with Gasteiger partial charge in [-0.15, -0.1) is 0 Å². The summed E-state index contributed by atoms with van der Waals surface area (Å²) >= 11 is 0. The molecule has 1 aromatic carbocycles. The third kappa shape index (κ3) is 4.23. The maximum atomic E-state index is 5.37. The summed E-state index contributed by atoms with van der Waals surface area (Å²) in [6.45, 7) is 0. The van der Waals surface area contributed by atoms with Gasteiger partial charge in [0, 0.05) is 31.3 Å². The third-order valence-corrected chi connectivity index (χ3v) is 3.96. The minimum atomic E-state index is -0.421. The fourth-order valence-electron chi connectivity index (χ4n) is 2.75. The molecule has 0 unspecified atom stereocenters. The van der Waals surface area contributed by atoms with Gasteiger partial charge in [0.25, 0.3) is 0 Å². The molecule has 0 aliphatic heterocycles. The van der Waals surface area contributed by atoms with Crippen molar-refractivity contribution < 1.29 is 14.2 Å². The molecule has 0 radical (unpaired) electrons. The molecule has 3 nitrogen and oxygen atoms in total. The van der Waals surface area contributed by atoms with Crippen LogP contribution >= 0.6 is 0 Å². The second-order valence-electron chi connectivity index (χ2n) is 5.36. The van der Waals surface area contributed by atoms with E-state index in [0.717, 1.165) is 16.9 Å². The Morgan fingerprint density at radius 1 is 1.05 bits per heavy atom. The van der Waals surface area contributed by atoms with Crippen LogP contribution in [-0.2, 0) is 9.47 Å². The summed E-state index contributed by atoms with van der Waals surface area (Å²) in [7, 11) is 4.92. The number of ether oxygens (including phenoxy) is 3. The monoisotopic (exact) mass is 288 g/mol. The molecular formula is C18H24O3. The highest BCUT2D eigenvalue weighted by molar-refractivity contribution is 5.46. The summed E-state index contributed by atoms with van der Waals surface area (Å²) in [5.74, 6) is 8.04. The van der Waals surface area contributed by atoms with Crippen molar-refractivity contribution in [1.29, 1.82) is 0 Å². The van der Waals surface area contributed by atoms with Gasteiger partial charge in [-0.2, -0.15) is 0 Å². The van der Waals surface area contributed by atoms with Crippen LogP contribution in [0.1, 0.15) is 49.5 Å². The molecule has 3 heteroatoms. The SMILES string of the molecule is COc1ccc(C#CC2CCCCC2)c(C(OC)OC)c1.